The van der Waals surface area contributed by atoms with E-state index in [1.54, 1.807) is 4.68 Å². The van der Waals surface area contributed by atoms with Gasteiger partial charge in [0, 0.05) is 11.1 Å². The Labute approximate surface area is 170 Å². The van der Waals surface area contributed by atoms with Crippen molar-refractivity contribution >= 4 is 21.6 Å². The van der Waals surface area contributed by atoms with Gasteiger partial charge in [-0.05, 0) is 51.5 Å². The number of carbonyl (C=O) groups excluding carboxylic acids is 1. The maximum absolute atomic E-state index is 13.0. The van der Waals surface area contributed by atoms with Crippen LogP contribution in [0, 0.1) is 27.7 Å². The monoisotopic (exact) mass is 409 g/mol. The minimum atomic E-state index is -3.24. The lowest BCUT2D eigenvalue weighted by Gasteiger charge is -2.14. The summed E-state index contributed by atoms with van der Waals surface area (Å²) in [4.78, 5) is 13.0. The van der Waals surface area contributed by atoms with Gasteiger partial charge in [-0.2, -0.15) is 5.10 Å². The second-order valence-corrected chi connectivity index (χ2v) is 9.90. The predicted octanol–water partition coefficient (Wildman–Crippen LogP) is 3.79. The highest BCUT2D eigenvalue weighted by molar-refractivity contribution is 7.90. The van der Waals surface area contributed by atoms with E-state index in [-0.39, 0.29) is 17.4 Å². The molecule has 29 heavy (non-hydrogen) atoms. The van der Waals surface area contributed by atoms with Crippen molar-refractivity contribution in [3.63, 3.8) is 0 Å². The molecule has 0 spiro atoms. The van der Waals surface area contributed by atoms with E-state index in [0.717, 1.165) is 27.9 Å². The van der Waals surface area contributed by atoms with Crippen molar-refractivity contribution < 1.29 is 13.2 Å². The van der Waals surface area contributed by atoms with E-state index in [1.165, 1.54) is 0 Å². The van der Waals surface area contributed by atoms with Gasteiger partial charge in [-0.3, -0.25) is 4.79 Å². The Balaban J connectivity index is 1.82. The molecule has 1 aromatic heterocycles. The van der Waals surface area contributed by atoms with E-state index < -0.39 is 9.84 Å². The van der Waals surface area contributed by atoms with Gasteiger partial charge in [0.15, 0.2) is 9.84 Å². The van der Waals surface area contributed by atoms with Gasteiger partial charge in [0.05, 0.1) is 22.9 Å². The number of amides is 1. The lowest BCUT2D eigenvalue weighted by Crippen LogP contribution is -2.17. The molecule has 0 unspecified atom stereocenters. The Morgan fingerprint density at radius 3 is 2.31 bits per heavy atom. The molecular weight excluding hydrogens is 386 g/mol. The van der Waals surface area contributed by atoms with Crippen molar-refractivity contribution in [2.45, 2.75) is 39.2 Å². The molecule has 0 radical (unpaired) electrons. The zero-order valence-corrected chi connectivity index (χ0v) is 17.7. The Hall–Kier alpha value is -2.93. The lowest BCUT2D eigenvalue weighted by molar-refractivity contribution is 0.102. The number of sulfone groups is 1. The number of benzene rings is 2. The first-order valence-corrected chi connectivity index (χ1v) is 11.2. The van der Waals surface area contributed by atoms with Crippen molar-refractivity contribution in [3.8, 4) is 5.69 Å². The largest absolute Gasteiger partial charge is 0.306 e. The standard InChI is InChI=1S/C22H23N3O3S/c1-13-5-6-20(16(4)8-13)25-21(18-11-29(27,28)12-19(18)24-25)23-22(26)17-9-14(2)7-15(3)10-17/h5-10H,11-12H2,1-4H3,(H,23,26). The molecule has 150 valence electrons. The van der Waals surface area contributed by atoms with Crippen LogP contribution in [0.15, 0.2) is 36.4 Å². The van der Waals surface area contributed by atoms with Gasteiger partial charge in [0.2, 0.25) is 0 Å². The minimum absolute atomic E-state index is 0.104. The summed E-state index contributed by atoms with van der Waals surface area (Å²) >= 11 is 0. The third-order valence-electron chi connectivity index (χ3n) is 5.08. The number of carbonyl (C=O) groups is 1. The van der Waals surface area contributed by atoms with Crippen LogP contribution in [0.1, 0.15) is 43.9 Å². The Kier molecular flexibility index (Phi) is 4.58. The average molecular weight is 410 g/mol. The summed E-state index contributed by atoms with van der Waals surface area (Å²) in [7, 11) is -3.24. The number of hydrogen-bond donors (Lipinski definition) is 1. The van der Waals surface area contributed by atoms with Gasteiger partial charge in [-0.25, -0.2) is 13.1 Å². The highest BCUT2D eigenvalue weighted by atomic mass is 32.2. The Morgan fingerprint density at radius 1 is 0.966 bits per heavy atom. The number of rotatable bonds is 3. The van der Waals surface area contributed by atoms with Crippen LogP contribution in [-0.4, -0.2) is 24.1 Å². The summed E-state index contributed by atoms with van der Waals surface area (Å²) in [6.45, 7) is 7.86. The first kappa shape index (κ1) is 19.4. The fourth-order valence-corrected chi connectivity index (χ4v) is 5.37. The zero-order valence-electron chi connectivity index (χ0n) is 16.9. The fourth-order valence-electron chi connectivity index (χ4n) is 3.87. The molecule has 0 atom stereocenters. The number of anilines is 1. The van der Waals surface area contributed by atoms with Crippen molar-refractivity contribution in [2.24, 2.45) is 0 Å². The van der Waals surface area contributed by atoms with Crippen LogP contribution in [0.25, 0.3) is 5.69 Å². The van der Waals surface area contributed by atoms with Gasteiger partial charge in [-0.1, -0.05) is 34.9 Å². The van der Waals surface area contributed by atoms with E-state index in [4.69, 9.17) is 0 Å². The zero-order chi connectivity index (χ0) is 20.9. The van der Waals surface area contributed by atoms with Crippen LogP contribution in [0.5, 0.6) is 0 Å². The van der Waals surface area contributed by atoms with Crippen LogP contribution in [-0.2, 0) is 21.3 Å². The molecule has 6 nitrogen and oxygen atoms in total. The van der Waals surface area contributed by atoms with Crippen LogP contribution >= 0.6 is 0 Å². The molecule has 0 fully saturated rings. The summed E-state index contributed by atoms with van der Waals surface area (Å²) < 4.78 is 25.9. The van der Waals surface area contributed by atoms with Crippen LogP contribution < -0.4 is 5.32 Å². The molecule has 0 bridgehead atoms. The normalized spacial score (nSPS) is 14.6. The molecule has 0 saturated heterocycles. The number of hydrogen-bond acceptors (Lipinski definition) is 4. The number of nitrogens with one attached hydrogen (secondary N) is 1. The second kappa shape index (κ2) is 6.84. The molecule has 0 saturated carbocycles. The summed E-state index contributed by atoms with van der Waals surface area (Å²) in [6.07, 6.45) is 0. The van der Waals surface area contributed by atoms with Crippen LogP contribution in [0.3, 0.4) is 0 Å². The van der Waals surface area contributed by atoms with Crippen LogP contribution in [0.4, 0.5) is 5.82 Å². The molecule has 2 aromatic carbocycles. The molecular formula is C22H23N3O3S. The molecule has 3 aromatic rings. The van der Waals surface area contributed by atoms with Gasteiger partial charge < -0.3 is 5.32 Å². The van der Waals surface area contributed by atoms with E-state index >= 15 is 0 Å². The lowest BCUT2D eigenvalue weighted by atomic mass is 10.1. The summed E-state index contributed by atoms with van der Waals surface area (Å²) in [5.41, 5.74) is 6.52. The molecule has 1 amide bonds. The summed E-state index contributed by atoms with van der Waals surface area (Å²) in [5.74, 6) is -0.0745. The van der Waals surface area contributed by atoms with Crippen molar-refractivity contribution in [2.75, 3.05) is 5.32 Å². The van der Waals surface area contributed by atoms with Crippen molar-refractivity contribution in [3.05, 3.63) is 75.5 Å². The molecule has 1 N–H and O–H groups in total. The van der Waals surface area contributed by atoms with E-state index in [9.17, 15) is 13.2 Å². The smallest absolute Gasteiger partial charge is 0.256 e. The Bertz CT molecular complexity index is 1240. The molecule has 1 aliphatic rings. The first-order valence-electron chi connectivity index (χ1n) is 9.41. The molecule has 7 heteroatoms. The molecule has 0 aliphatic carbocycles. The third kappa shape index (κ3) is 3.70. The second-order valence-electron chi connectivity index (χ2n) is 7.84. The summed E-state index contributed by atoms with van der Waals surface area (Å²) in [6, 6.07) is 11.6. The summed E-state index contributed by atoms with van der Waals surface area (Å²) in [5, 5.41) is 7.49. The highest BCUT2D eigenvalue weighted by Gasteiger charge is 2.33. The number of fused-ring (bicyclic) bond motifs is 1. The number of aromatic nitrogens is 2. The molecule has 2 heterocycles. The van der Waals surface area contributed by atoms with Crippen LogP contribution in [0.2, 0.25) is 0 Å². The maximum atomic E-state index is 13.0. The van der Waals surface area contributed by atoms with Crippen molar-refractivity contribution in [1.82, 2.24) is 9.78 Å². The number of aryl methyl sites for hydroxylation is 4. The maximum Gasteiger partial charge on any atom is 0.256 e. The predicted molar refractivity (Wildman–Crippen MR) is 113 cm³/mol. The highest BCUT2D eigenvalue weighted by Crippen LogP contribution is 2.34. The van der Waals surface area contributed by atoms with Gasteiger partial charge in [-0.15, -0.1) is 0 Å². The van der Waals surface area contributed by atoms with E-state index in [1.807, 2.05) is 64.1 Å². The third-order valence-corrected chi connectivity index (χ3v) is 6.53. The van der Waals surface area contributed by atoms with E-state index in [0.29, 0.717) is 22.6 Å². The first-order chi connectivity index (χ1) is 13.6. The molecule has 1 aliphatic heterocycles. The van der Waals surface area contributed by atoms with Crippen molar-refractivity contribution in [1.29, 1.82) is 0 Å². The van der Waals surface area contributed by atoms with Gasteiger partial charge >= 0.3 is 0 Å². The minimum Gasteiger partial charge on any atom is -0.306 e. The van der Waals surface area contributed by atoms with E-state index in [2.05, 4.69) is 10.4 Å². The molecule has 4 rings (SSSR count). The topological polar surface area (TPSA) is 81.1 Å². The SMILES string of the molecule is Cc1cc(C)cc(C(=O)Nc2c3c(nn2-c2ccc(C)cc2C)CS(=O)(=O)C3)c1. The quantitative estimate of drug-likeness (QED) is 0.714. The van der Waals surface area contributed by atoms with Gasteiger partial charge in [0.1, 0.15) is 5.82 Å². The van der Waals surface area contributed by atoms with Gasteiger partial charge in [0.25, 0.3) is 5.91 Å². The fraction of sp³-hybridized carbons (Fsp3) is 0.273. The number of nitrogens with zero attached hydrogens (tertiary/aromatic N) is 2. The average Bonchev–Trinajstić information content (AvgIpc) is 3.07. The Morgan fingerprint density at radius 2 is 1.66 bits per heavy atom.